The molecule has 0 saturated carbocycles. The molecule has 3 aromatic rings. The van der Waals surface area contributed by atoms with Gasteiger partial charge in [-0.3, -0.25) is 4.79 Å². The SMILES string of the molecule is O=C(Nc1ccc(S(=O)C(F)(F)F)cc1)c1cccc(-c2ccc(OC(F)F)cc2)c1. The van der Waals surface area contributed by atoms with Gasteiger partial charge in [0.25, 0.3) is 5.91 Å². The number of alkyl halides is 5. The van der Waals surface area contributed by atoms with E-state index >= 15 is 0 Å². The van der Waals surface area contributed by atoms with Crippen molar-refractivity contribution in [3.05, 3.63) is 78.4 Å². The molecular weight excluding hydrogens is 441 g/mol. The average molecular weight is 455 g/mol. The summed E-state index contributed by atoms with van der Waals surface area (Å²) in [6.07, 6.45) is 0. The summed E-state index contributed by atoms with van der Waals surface area (Å²) in [4.78, 5) is 12.1. The van der Waals surface area contributed by atoms with E-state index in [-0.39, 0.29) is 17.0 Å². The molecule has 3 rings (SSSR count). The maximum Gasteiger partial charge on any atom is 0.475 e. The van der Waals surface area contributed by atoms with E-state index in [1.165, 1.54) is 24.3 Å². The van der Waals surface area contributed by atoms with Crippen LogP contribution in [0.3, 0.4) is 0 Å². The Morgan fingerprint density at radius 3 is 2.13 bits per heavy atom. The van der Waals surface area contributed by atoms with E-state index in [0.717, 1.165) is 12.1 Å². The van der Waals surface area contributed by atoms with Gasteiger partial charge in [0, 0.05) is 16.1 Å². The Morgan fingerprint density at radius 1 is 0.903 bits per heavy atom. The Hall–Kier alpha value is -3.27. The van der Waals surface area contributed by atoms with Crippen molar-refractivity contribution >= 4 is 22.4 Å². The number of hydrogen-bond donors (Lipinski definition) is 1. The van der Waals surface area contributed by atoms with Crippen LogP contribution in [-0.4, -0.2) is 22.2 Å². The van der Waals surface area contributed by atoms with Crippen LogP contribution in [0.5, 0.6) is 5.75 Å². The van der Waals surface area contributed by atoms with Crippen molar-refractivity contribution in [2.24, 2.45) is 0 Å². The molecule has 3 aromatic carbocycles. The zero-order valence-electron chi connectivity index (χ0n) is 15.5. The lowest BCUT2D eigenvalue weighted by atomic mass is 10.0. The Labute approximate surface area is 176 Å². The number of ether oxygens (including phenoxy) is 1. The van der Waals surface area contributed by atoms with E-state index in [9.17, 15) is 31.0 Å². The predicted molar refractivity (Wildman–Crippen MR) is 105 cm³/mol. The first-order chi connectivity index (χ1) is 14.6. The Balaban J connectivity index is 1.72. The second-order valence-corrected chi connectivity index (χ2v) is 7.65. The lowest BCUT2D eigenvalue weighted by molar-refractivity contribution is -0.0498. The molecule has 1 atom stereocenters. The normalized spacial score (nSPS) is 12.5. The summed E-state index contributed by atoms with van der Waals surface area (Å²) in [7, 11) is -3.15. The fourth-order valence-electron chi connectivity index (χ4n) is 2.67. The minimum atomic E-state index is -4.87. The lowest BCUT2D eigenvalue weighted by Gasteiger charge is -2.10. The number of rotatable bonds is 6. The highest BCUT2D eigenvalue weighted by Gasteiger charge is 2.37. The van der Waals surface area contributed by atoms with Crippen LogP contribution in [0, 0.1) is 0 Å². The third-order valence-electron chi connectivity index (χ3n) is 4.07. The van der Waals surface area contributed by atoms with Crippen molar-refractivity contribution in [2.75, 3.05) is 5.32 Å². The van der Waals surface area contributed by atoms with E-state index in [2.05, 4.69) is 10.1 Å². The summed E-state index contributed by atoms with van der Waals surface area (Å²) in [5.74, 6) is -0.508. The molecular formula is C21H14F5NO3S. The van der Waals surface area contributed by atoms with Crippen LogP contribution < -0.4 is 10.1 Å². The van der Waals surface area contributed by atoms with Crippen molar-refractivity contribution in [3.63, 3.8) is 0 Å². The van der Waals surface area contributed by atoms with Crippen molar-refractivity contribution in [1.82, 2.24) is 0 Å². The highest BCUT2D eigenvalue weighted by Crippen LogP contribution is 2.27. The highest BCUT2D eigenvalue weighted by atomic mass is 32.2. The summed E-state index contributed by atoms with van der Waals surface area (Å²) in [6.45, 7) is -2.93. The Kier molecular flexibility index (Phi) is 6.69. The summed E-state index contributed by atoms with van der Waals surface area (Å²) in [6, 6.07) is 16.8. The van der Waals surface area contributed by atoms with Crippen LogP contribution in [0.15, 0.2) is 77.7 Å². The Morgan fingerprint density at radius 2 is 1.55 bits per heavy atom. The second kappa shape index (κ2) is 9.25. The molecule has 0 spiro atoms. The number of halogens is 5. The zero-order chi connectivity index (χ0) is 22.6. The Bertz CT molecular complexity index is 1080. The maximum absolute atomic E-state index is 12.5. The van der Waals surface area contributed by atoms with Gasteiger partial charge >= 0.3 is 12.1 Å². The van der Waals surface area contributed by atoms with Gasteiger partial charge in [0.2, 0.25) is 0 Å². The topological polar surface area (TPSA) is 55.4 Å². The van der Waals surface area contributed by atoms with Gasteiger partial charge in [-0.05, 0) is 59.7 Å². The van der Waals surface area contributed by atoms with Gasteiger partial charge in [0.05, 0.1) is 0 Å². The molecule has 1 amide bonds. The lowest BCUT2D eigenvalue weighted by Crippen LogP contribution is -2.16. The average Bonchev–Trinajstić information content (AvgIpc) is 2.73. The van der Waals surface area contributed by atoms with Gasteiger partial charge in [-0.1, -0.05) is 24.3 Å². The van der Waals surface area contributed by atoms with E-state index < -0.39 is 33.7 Å². The molecule has 1 unspecified atom stereocenters. The molecule has 0 fully saturated rings. The number of nitrogens with one attached hydrogen (secondary N) is 1. The van der Waals surface area contributed by atoms with Crippen LogP contribution in [0.4, 0.5) is 27.6 Å². The van der Waals surface area contributed by atoms with Gasteiger partial charge in [-0.15, -0.1) is 0 Å². The molecule has 0 aliphatic rings. The third-order valence-corrected chi connectivity index (χ3v) is 5.19. The number of amides is 1. The van der Waals surface area contributed by atoms with Gasteiger partial charge in [0.1, 0.15) is 5.75 Å². The van der Waals surface area contributed by atoms with Crippen LogP contribution in [-0.2, 0) is 10.8 Å². The molecule has 0 aliphatic carbocycles. The molecule has 0 aromatic heterocycles. The fourth-order valence-corrected chi connectivity index (χ4v) is 3.32. The molecule has 0 heterocycles. The second-order valence-electron chi connectivity index (χ2n) is 6.18. The van der Waals surface area contributed by atoms with Crippen molar-refractivity contribution in [1.29, 1.82) is 0 Å². The molecule has 0 saturated heterocycles. The highest BCUT2D eigenvalue weighted by molar-refractivity contribution is 7.86. The first-order valence-electron chi connectivity index (χ1n) is 8.69. The molecule has 31 heavy (non-hydrogen) atoms. The number of hydrogen-bond acceptors (Lipinski definition) is 3. The molecule has 10 heteroatoms. The monoisotopic (exact) mass is 455 g/mol. The minimum Gasteiger partial charge on any atom is -0.435 e. The first-order valence-corrected chi connectivity index (χ1v) is 9.84. The van der Waals surface area contributed by atoms with Crippen molar-refractivity contribution in [3.8, 4) is 16.9 Å². The predicted octanol–water partition coefficient (Wildman–Crippen LogP) is 5.83. The van der Waals surface area contributed by atoms with Gasteiger partial charge in [-0.2, -0.15) is 22.0 Å². The van der Waals surface area contributed by atoms with Crippen LogP contribution >= 0.6 is 0 Å². The smallest absolute Gasteiger partial charge is 0.435 e. The number of benzene rings is 3. The largest absolute Gasteiger partial charge is 0.475 e. The van der Waals surface area contributed by atoms with Crippen LogP contribution in [0.2, 0.25) is 0 Å². The minimum absolute atomic E-state index is 0.00236. The van der Waals surface area contributed by atoms with E-state index in [1.54, 1.807) is 36.4 Å². The number of carbonyl (C=O) groups excluding carboxylic acids is 1. The third kappa shape index (κ3) is 5.88. The fraction of sp³-hybridized carbons (Fsp3) is 0.0952. The quantitative estimate of drug-likeness (QED) is 0.476. The molecule has 0 bridgehead atoms. The van der Waals surface area contributed by atoms with E-state index in [4.69, 9.17) is 0 Å². The number of carbonyl (C=O) groups is 1. The molecule has 1 N–H and O–H groups in total. The standard InChI is InChI=1S/C21H14F5NO3S/c22-20(23)30-17-8-4-13(5-9-17)14-2-1-3-15(12-14)19(28)27-16-6-10-18(11-7-16)31(29)21(24,25)26/h1-12,20H,(H,27,28). The van der Waals surface area contributed by atoms with Gasteiger partial charge in [-0.25, -0.2) is 4.21 Å². The van der Waals surface area contributed by atoms with Crippen molar-refractivity contribution in [2.45, 2.75) is 17.0 Å². The zero-order valence-corrected chi connectivity index (χ0v) is 16.3. The molecule has 4 nitrogen and oxygen atoms in total. The summed E-state index contributed by atoms with van der Waals surface area (Å²) in [5.41, 5.74) is -3.06. The van der Waals surface area contributed by atoms with E-state index in [0.29, 0.717) is 11.1 Å². The molecule has 0 aliphatic heterocycles. The summed E-state index contributed by atoms with van der Waals surface area (Å²) >= 11 is 0. The van der Waals surface area contributed by atoms with Gasteiger partial charge in [0.15, 0.2) is 10.8 Å². The summed E-state index contributed by atoms with van der Waals surface area (Å²) < 4.78 is 77.6. The van der Waals surface area contributed by atoms with Crippen molar-refractivity contribution < 1.29 is 35.7 Å². The molecule has 162 valence electrons. The summed E-state index contributed by atoms with van der Waals surface area (Å²) in [5, 5.41) is 2.55. The maximum atomic E-state index is 12.5. The van der Waals surface area contributed by atoms with Gasteiger partial charge < -0.3 is 10.1 Å². The van der Waals surface area contributed by atoms with E-state index in [1.807, 2.05) is 0 Å². The number of anilines is 1. The first kappa shape index (κ1) is 22.4. The van der Waals surface area contributed by atoms with Crippen LogP contribution in [0.25, 0.3) is 11.1 Å². The molecule has 0 radical (unpaired) electrons. The van der Waals surface area contributed by atoms with Crippen LogP contribution in [0.1, 0.15) is 10.4 Å².